The van der Waals surface area contributed by atoms with Crippen molar-refractivity contribution in [3.05, 3.63) is 24.3 Å². The number of hydrogen-bond acceptors (Lipinski definition) is 0. The van der Waals surface area contributed by atoms with Gasteiger partial charge in [-0.15, -0.1) is 0 Å². The van der Waals surface area contributed by atoms with E-state index in [1.54, 1.807) is 0 Å². The lowest BCUT2D eigenvalue weighted by Crippen LogP contribution is -1.98. The molecule has 2 rings (SSSR count). The highest BCUT2D eigenvalue weighted by atomic mass is 14.3. The molecule has 0 spiro atoms. The van der Waals surface area contributed by atoms with E-state index in [2.05, 4.69) is 18.7 Å². The molecule has 0 aliphatic heterocycles. The summed E-state index contributed by atoms with van der Waals surface area (Å²) in [5, 5.41) is 0. The molecule has 48 valence electrons. The van der Waals surface area contributed by atoms with Gasteiger partial charge in [0.05, 0.1) is 0 Å². The smallest absolute Gasteiger partial charge is 0.000539 e. The normalized spacial score (nSPS) is 39.8. The van der Waals surface area contributed by atoms with Crippen LogP contribution in [0, 0.1) is 11.8 Å². The second-order valence-corrected chi connectivity index (χ2v) is 3.15. The molecule has 0 heteroatoms. The fraction of sp³-hybridized carbons (Fsp3) is 0.556. The van der Waals surface area contributed by atoms with Crippen LogP contribution in [0.25, 0.3) is 0 Å². The molecule has 0 aromatic rings. The zero-order valence-electron chi connectivity index (χ0n) is 5.64. The molecule has 1 saturated carbocycles. The summed E-state index contributed by atoms with van der Waals surface area (Å²) in [4.78, 5) is 0. The first-order valence-electron chi connectivity index (χ1n) is 3.72. The molecule has 2 aliphatic rings. The molecule has 0 aromatic heterocycles. The molecule has 2 atom stereocenters. The van der Waals surface area contributed by atoms with E-state index in [0.717, 1.165) is 11.8 Å². The van der Waals surface area contributed by atoms with Gasteiger partial charge in [-0.1, -0.05) is 24.3 Å². The number of rotatable bonds is 0. The molecule has 0 radical (unpaired) electrons. The van der Waals surface area contributed by atoms with Gasteiger partial charge in [-0.3, -0.25) is 0 Å². The molecule has 0 nitrogen and oxygen atoms in total. The summed E-state index contributed by atoms with van der Waals surface area (Å²) in [5.74, 6) is 1.71. The molecule has 0 heterocycles. The number of hydrogen-bond donors (Lipinski definition) is 0. The second kappa shape index (κ2) is 1.73. The van der Waals surface area contributed by atoms with E-state index in [4.69, 9.17) is 0 Å². The Kier molecular flexibility index (Phi) is 1.01. The SMILES string of the molecule is C=C1CC[C@@H]2CC=C[C@H]12. The van der Waals surface area contributed by atoms with Crippen LogP contribution >= 0.6 is 0 Å². The van der Waals surface area contributed by atoms with Crippen molar-refractivity contribution in [1.82, 2.24) is 0 Å². The lowest BCUT2D eigenvalue weighted by atomic mass is 9.98. The molecular weight excluding hydrogens is 108 g/mol. The van der Waals surface area contributed by atoms with Crippen molar-refractivity contribution in [2.75, 3.05) is 0 Å². The fourth-order valence-corrected chi connectivity index (χ4v) is 2.01. The van der Waals surface area contributed by atoms with Gasteiger partial charge in [0, 0.05) is 5.92 Å². The highest BCUT2D eigenvalue weighted by Gasteiger charge is 2.30. The highest BCUT2D eigenvalue weighted by molar-refractivity contribution is 5.21. The van der Waals surface area contributed by atoms with Crippen LogP contribution in [0.5, 0.6) is 0 Å². The van der Waals surface area contributed by atoms with Crippen LogP contribution < -0.4 is 0 Å². The minimum absolute atomic E-state index is 0.769. The third-order valence-electron chi connectivity index (χ3n) is 2.60. The van der Waals surface area contributed by atoms with Crippen molar-refractivity contribution < 1.29 is 0 Å². The van der Waals surface area contributed by atoms with Crippen LogP contribution in [0.15, 0.2) is 24.3 Å². The average molecular weight is 120 g/mol. The predicted octanol–water partition coefficient (Wildman–Crippen LogP) is 2.53. The molecule has 9 heavy (non-hydrogen) atoms. The average Bonchev–Trinajstić information content (AvgIpc) is 2.35. The van der Waals surface area contributed by atoms with Crippen LogP contribution in [0.3, 0.4) is 0 Å². The van der Waals surface area contributed by atoms with Crippen molar-refractivity contribution in [2.45, 2.75) is 19.3 Å². The number of allylic oxidation sites excluding steroid dienone is 3. The third kappa shape index (κ3) is 0.658. The largest absolute Gasteiger partial charge is 0.0993 e. The van der Waals surface area contributed by atoms with Gasteiger partial charge in [-0.2, -0.15) is 0 Å². The first-order chi connectivity index (χ1) is 4.38. The van der Waals surface area contributed by atoms with E-state index in [0.29, 0.717) is 0 Å². The van der Waals surface area contributed by atoms with E-state index >= 15 is 0 Å². The standard InChI is InChI=1S/C9H12/c1-7-5-6-8-3-2-4-9(7)8/h2,4,8-9H,1,3,5-6H2/t8-,9+/m0/s1. The Balaban J connectivity index is 2.24. The molecule has 1 fully saturated rings. The lowest BCUT2D eigenvalue weighted by Gasteiger charge is -2.06. The van der Waals surface area contributed by atoms with Gasteiger partial charge in [0.2, 0.25) is 0 Å². The number of fused-ring (bicyclic) bond motifs is 1. The van der Waals surface area contributed by atoms with E-state index in [1.807, 2.05) is 0 Å². The van der Waals surface area contributed by atoms with E-state index < -0.39 is 0 Å². The molecule has 0 unspecified atom stereocenters. The summed E-state index contributed by atoms with van der Waals surface area (Å²) in [7, 11) is 0. The minimum Gasteiger partial charge on any atom is -0.0993 e. The minimum atomic E-state index is 0.769. The monoisotopic (exact) mass is 120 g/mol. The third-order valence-corrected chi connectivity index (χ3v) is 2.60. The lowest BCUT2D eigenvalue weighted by molar-refractivity contribution is 0.519. The maximum atomic E-state index is 4.05. The van der Waals surface area contributed by atoms with Gasteiger partial charge in [0.15, 0.2) is 0 Å². The van der Waals surface area contributed by atoms with Gasteiger partial charge >= 0.3 is 0 Å². The fourth-order valence-electron chi connectivity index (χ4n) is 2.01. The Labute approximate surface area is 56.3 Å². The second-order valence-electron chi connectivity index (χ2n) is 3.15. The van der Waals surface area contributed by atoms with E-state index in [1.165, 1.54) is 24.8 Å². The van der Waals surface area contributed by atoms with Gasteiger partial charge < -0.3 is 0 Å². The van der Waals surface area contributed by atoms with Crippen molar-refractivity contribution in [3.8, 4) is 0 Å². The van der Waals surface area contributed by atoms with E-state index in [-0.39, 0.29) is 0 Å². The van der Waals surface area contributed by atoms with Crippen molar-refractivity contribution in [2.24, 2.45) is 11.8 Å². The van der Waals surface area contributed by atoms with Gasteiger partial charge in [0.1, 0.15) is 0 Å². The quantitative estimate of drug-likeness (QED) is 0.431. The Hall–Kier alpha value is -0.520. The zero-order valence-corrected chi connectivity index (χ0v) is 5.64. The molecule has 0 saturated heterocycles. The Bertz CT molecular complexity index is 165. The summed E-state index contributed by atoms with van der Waals surface area (Å²) in [6.07, 6.45) is 8.61. The van der Waals surface area contributed by atoms with Crippen LogP contribution in [0.4, 0.5) is 0 Å². The Morgan fingerprint density at radius 3 is 3.22 bits per heavy atom. The highest BCUT2D eigenvalue weighted by Crippen LogP contribution is 2.42. The predicted molar refractivity (Wildman–Crippen MR) is 39.1 cm³/mol. The topological polar surface area (TPSA) is 0 Å². The van der Waals surface area contributed by atoms with Crippen molar-refractivity contribution in [3.63, 3.8) is 0 Å². The van der Waals surface area contributed by atoms with Crippen LogP contribution in [-0.2, 0) is 0 Å². The maximum Gasteiger partial charge on any atom is 0.000539 e. The summed E-state index contributed by atoms with van der Waals surface area (Å²) >= 11 is 0. The van der Waals surface area contributed by atoms with Crippen molar-refractivity contribution in [1.29, 1.82) is 0 Å². The maximum absolute atomic E-state index is 4.05. The summed E-state index contributed by atoms with van der Waals surface area (Å²) in [6, 6.07) is 0. The summed E-state index contributed by atoms with van der Waals surface area (Å²) in [5.41, 5.74) is 1.47. The van der Waals surface area contributed by atoms with E-state index in [9.17, 15) is 0 Å². The summed E-state index contributed by atoms with van der Waals surface area (Å²) in [6.45, 7) is 4.05. The van der Waals surface area contributed by atoms with Gasteiger partial charge in [-0.05, 0) is 25.2 Å². The molecule has 0 aromatic carbocycles. The zero-order chi connectivity index (χ0) is 6.27. The molecule has 0 amide bonds. The Morgan fingerprint density at radius 1 is 1.56 bits per heavy atom. The molecule has 0 bridgehead atoms. The van der Waals surface area contributed by atoms with Crippen LogP contribution in [0.1, 0.15) is 19.3 Å². The summed E-state index contributed by atoms with van der Waals surface area (Å²) < 4.78 is 0. The Morgan fingerprint density at radius 2 is 2.44 bits per heavy atom. The molecular formula is C9H12. The van der Waals surface area contributed by atoms with Crippen molar-refractivity contribution >= 4 is 0 Å². The molecule has 0 N–H and O–H groups in total. The van der Waals surface area contributed by atoms with Gasteiger partial charge in [0.25, 0.3) is 0 Å². The van der Waals surface area contributed by atoms with Crippen LogP contribution in [-0.4, -0.2) is 0 Å². The van der Waals surface area contributed by atoms with Gasteiger partial charge in [-0.25, -0.2) is 0 Å². The first-order valence-corrected chi connectivity index (χ1v) is 3.72. The first kappa shape index (κ1) is 5.28. The van der Waals surface area contributed by atoms with Crippen LogP contribution in [0.2, 0.25) is 0 Å². The molecule has 2 aliphatic carbocycles.